The highest BCUT2D eigenvalue weighted by Gasteiger charge is 2.10. The molecule has 1 heteroatoms. The first-order chi connectivity index (χ1) is 5.61. The van der Waals surface area contributed by atoms with E-state index >= 15 is 0 Å². The lowest BCUT2D eigenvalue weighted by Gasteiger charge is -2.14. The topological polar surface area (TPSA) is 0 Å². The Labute approximate surface area is 83.1 Å². The van der Waals surface area contributed by atoms with Crippen LogP contribution in [0.2, 0.25) is 0 Å². The van der Waals surface area contributed by atoms with Crippen LogP contribution in [0.1, 0.15) is 29.8 Å². The number of halogens is 1. The summed E-state index contributed by atoms with van der Waals surface area (Å²) in [5.74, 6) is 0.645. The monoisotopic (exact) mass is 226 g/mol. The summed E-state index contributed by atoms with van der Waals surface area (Å²) in [6.45, 7) is 6.58. The maximum absolute atomic E-state index is 3.68. The first-order valence-electron chi connectivity index (χ1n) is 4.32. The Morgan fingerprint density at radius 2 is 1.92 bits per heavy atom. The average Bonchev–Trinajstić information content (AvgIpc) is 2.03. The molecule has 0 N–H and O–H groups in total. The van der Waals surface area contributed by atoms with Crippen LogP contribution < -0.4 is 0 Å². The van der Waals surface area contributed by atoms with E-state index in [4.69, 9.17) is 0 Å². The second-order valence-corrected chi connectivity index (χ2v) is 4.55. The number of hydrogen-bond donors (Lipinski definition) is 0. The fourth-order valence-electron chi connectivity index (χ4n) is 1.23. The van der Waals surface area contributed by atoms with Gasteiger partial charge in [0.25, 0.3) is 0 Å². The normalized spacial score (nSPS) is 13.4. The van der Waals surface area contributed by atoms with Crippen molar-refractivity contribution in [3.63, 3.8) is 0 Å². The van der Waals surface area contributed by atoms with Gasteiger partial charge in [0.05, 0.1) is 0 Å². The molecule has 0 spiro atoms. The van der Waals surface area contributed by atoms with Crippen LogP contribution in [0.3, 0.4) is 0 Å². The smallest absolute Gasteiger partial charge is 0.0418 e. The zero-order valence-corrected chi connectivity index (χ0v) is 9.43. The Balaban J connectivity index is 2.88. The van der Waals surface area contributed by atoms with Gasteiger partial charge >= 0.3 is 0 Å². The van der Waals surface area contributed by atoms with Crippen molar-refractivity contribution in [3.8, 4) is 0 Å². The van der Waals surface area contributed by atoms with Gasteiger partial charge in [0.2, 0.25) is 0 Å². The summed E-state index contributed by atoms with van der Waals surface area (Å²) in [6, 6.07) is 8.65. The summed E-state index contributed by atoms with van der Waals surface area (Å²) < 4.78 is 0. The number of hydrogen-bond acceptors (Lipinski definition) is 0. The first-order valence-corrected chi connectivity index (χ1v) is 5.23. The molecule has 0 aliphatic rings. The summed E-state index contributed by atoms with van der Waals surface area (Å²) >= 11 is 3.68. The van der Waals surface area contributed by atoms with E-state index in [1.807, 2.05) is 0 Å². The van der Waals surface area contributed by atoms with Gasteiger partial charge in [0.1, 0.15) is 0 Å². The SMILES string of the molecule is Cc1cccc(C(Br)C(C)C)c1. The van der Waals surface area contributed by atoms with Gasteiger partial charge in [-0.3, -0.25) is 0 Å². The molecule has 1 atom stereocenters. The second kappa shape index (κ2) is 4.08. The minimum absolute atomic E-state index is 0.484. The zero-order valence-electron chi connectivity index (χ0n) is 7.84. The maximum atomic E-state index is 3.68. The molecule has 66 valence electrons. The van der Waals surface area contributed by atoms with Crippen LogP contribution in [0.4, 0.5) is 0 Å². The number of benzene rings is 1. The predicted octanol–water partition coefficient (Wildman–Crippen LogP) is 4.09. The Bertz CT molecular complexity index is 253. The van der Waals surface area contributed by atoms with E-state index in [2.05, 4.69) is 61.0 Å². The highest BCUT2D eigenvalue weighted by atomic mass is 79.9. The van der Waals surface area contributed by atoms with Crippen molar-refractivity contribution < 1.29 is 0 Å². The van der Waals surface area contributed by atoms with Gasteiger partial charge < -0.3 is 0 Å². The van der Waals surface area contributed by atoms with Crippen LogP contribution in [0, 0.1) is 12.8 Å². The Morgan fingerprint density at radius 3 is 2.42 bits per heavy atom. The molecule has 0 nitrogen and oxygen atoms in total. The van der Waals surface area contributed by atoms with Gasteiger partial charge in [-0.25, -0.2) is 0 Å². The molecule has 1 rings (SSSR count). The van der Waals surface area contributed by atoms with Gasteiger partial charge in [-0.05, 0) is 18.4 Å². The molecule has 0 heterocycles. The fourth-order valence-corrected chi connectivity index (χ4v) is 1.51. The Morgan fingerprint density at radius 1 is 1.25 bits per heavy atom. The third-order valence-electron chi connectivity index (χ3n) is 1.95. The molecule has 0 bridgehead atoms. The van der Waals surface area contributed by atoms with Gasteiger partial charge in [-0.1, -0.05) is 59.6 Å². The van der Waals surface area contributed by atoms with Crippen LogP contribution in [-0.4, -0.2) is 0 Å². The zero-order chi connectivity index (χ0) is 9.14. The fraction of sp³-hybridized carbons (Fsp3) is 0.455. The molecule has 1 aromatic rings. The summed E-state index contributed by atoms with van der Waals surface area (Å²) in [5.41, 5.74) is 2.71. The van der Waals surface area contributed by atoms with Crippen molar-refractivity contribution in [1.82, 2.24) is 0 Å². The summed E-state index contributed by atoms with van der Waals surface area (Å²) in [4.78, 5) is 0.484. The predicted molar refractivity (Wildman–Crippen MR) is 57.7 cm³/mol. The largest absolute Gasteiger partial charge is 0.0836 e. The van der Waals surface area contributed by atoms with Crippen LogP contribution in [0.15, 0.2) is 24.3 Å². The van der Waals surface area contributed by atoms with Crippen LogP contribution in [-0.2, 0) is 0 Å². The van der Waals surface area contributed by atoms with Gasteiger partial charge in [-0.15, -0.1) is 0 Å². The molecular weight excluding hydrogens is 212 g/mol. The molecule has 0 fully saturated rings. The van der Waals surface area contributed by atoms with E-state index in [1.165, 1.54) is 11.1 Å². The molecule has 1 unspecified atom stereocenters. The second-order valence-electron chi connectivity index (χ2n) is 3.56. The molecule has 0 aromatic heterocycles. The summed E-state index contributed by atoms with van der Waals surface area (Å²) in [5, 5.41) is 0. The molecular formula is C11H15Br. The van der Waals surface area contributed by atoms with Gasteiger partial charge in [0, 0.05) is 4.83 Å². The highest BCUT2D eigenvalue weighted by molar-refractivity contribution is 9.09. The van der Waals surface area contributed by atoms with Crippen LogP contribution >= 0.6 is 15.9 Å². The maximum Gasteiger partial charge on any atom is 0.0418 e. The lowest BCUT2D eigenvalue weighted by atomic mass is 10.0. The van der Waals surface area contributed by atoms with E-state index in [0.717, 1.165) is 0 Å². The third kappa shape index (κ3) is 2.34. The lowest BCUT2D eigenvalue weighted by Crippen LogP contribution is -1.98. The highest BCUT2D eigenvalue weighted by Crippen LogP contribution is 2.30. The molecule has 1 aromatic carbocycles. The van der Waals surface area contributed by atoms with Crippen molar-refractivity contribution in [2.75, 3.05) is 0 Å². The van der Waals surface area contributed by atoms with E-state index in [1.54, 1.807) is 0 Å². The Kier molecular flexibility index (Phi) is 3.33. The molecule has 0 amide bonds. The number of alkyl halides is 1. The minimum Gasteiger partial charge on any atom is -0.0836 e. The Hall–Kier alpha value is -0.300. The first kappa shape index (κ1) is 9.79. The van der Waals surface area contributed by atoms with Crippen LogP contribution in [0.25, 0.3) is 0 Å². The lowest BCUT2D eigenvalue weighted by molar-refractivity contribution is 0.641. The van der Waals surface area contributed by atoms with Gasteiger partial charge in [0.15, 0.2) is 0 Å². The number of aryl methyl sites for hydroxylation is 1. The quantitative estimate of drug-likeness (QED) is 0.667. The van der Waals surface area contributed by atoms with E-state index in [-0.39, 0.29) is 0 Å². The molecule has 0 radical (unpaired) electrons. The van der Waals surface area contributed by atoms with E-state index in [0.29, 0.717) is 10.7 Å². The molecule has 0 saturated heterocycles. The molecule has 0 aliphatic carbocycles. The van der Waals surface area contributed by atoms with E-state index in [9.17, 15) is 0 Å². The molecule has 0 saturated carbocycles. The third-order valence-corrected chi connectivity index (χ3v) is 3.53. The van der Waals surface area contributed by atoms with Crippen molar-refractivity contribution in [2.45, 2.75) is 25.6 Å². The molecule has 12 heavy (non-hydrogen) atoms. The number of rotatable bonds is 2. The standard InChI is InChI=1S/C11H15Br/c1-8(2)11(12)10-6-4-5-9(3)7-10/h4-8,11H,1-3H3. The van der Waals surface area contributed by atoms with Crippen LogP contribution in [0.5, 0.6) is 0 Å². The molecule has 0 aliphatic heterocycles. The minimum atomic E-state index is 0.484. The van der Waals surface area contributed by atoms with Crippen molar-refractivity contribution in [3.05, 3.63) is 35.4 Å². The van der Waals surface area contributed by atoms with Crippen molar-refractivity contribution in [1.29, 1.82) is 0 Å². The van der Waals surface area contributed by atoms with Gasteiger partial charge in [-0.2, -0.15) is 0 Å². The average molecular weight is 227 g/mol. The summed E-state index contributed by atoms with van der Waals surface area (Å²) in [7, 11) is 0. The summed E-state index contributed by atoms with van der Waals surface area (Å²) in [6.07, 6.45) is 0. The van der Waals surface area contributed by atoms with E-state index < -0.39 is 0 Å². The van der Waals surface area contributed by atoms with Crippen molar-refractivity contribution >= 4 is 15.9 Å². The van der Waals surface area contributed by atoms with Crippen molar-refractivity contribution in [2.24, 2.45) is 5.92 Å².